The molecule has 42 heavy (non-hydrogen) atoms. The number of quaternary nitrogens is 1. The minimum absolute atomic E-state index is 0.144. The number of para-hydroxylation sites is 1. The number of carbonyl (C=O) groups excluding carboxylic acids is 2. The molecular formula is C35H36N3O4+. The molecule has 3 saturated heterocycles. The molecule has 7 nitrogen and oxygen atoms in total. The number of anilines is 1. The number of nitrogens with one attached hydrogen (secondary N) is 1. The zero-order valence-electron chi connectivity index (χ0n) is 23.6. The maximum absolute atomic E-state index is 13.8. The molecule has 4 heterocycles. The van der Waals surface area contributed by atoms with Crippen LogP contribution in [0.5, 0.6) is 5.88 Å². The van der Waals surface area contributed by atoms with Crippen LogP contribution >= 0.6 is 0 Å². The van der Waals surface area contributed by atoms with Gasteiger partial charge in [-0.15, -0.1) is 0 Å². The molecule has 0 aliphatic carbocycles. The minimum atomic E-state index is -0.738. The lowest BCUT2D eigenvalue weighted by molar-refractivity contribution is -0.938. The Hall–Kier alpha value is -4.49. The maximum atomic E-state index is 13.8. The van der Waals surface area contributed by atoms with Crippen LogP contribution in [0.3, 0.4) is 0 Å². The van der Waals surface area contributed by atoms with Crippen molar-refractivity contribution in [3.05, 3.63) is 126 Å². The molecule has 214 valence electrons. The fourth-order valence-electron chi connectivity index (χ4n) is 6.17. The van der Waals surface area contributed by atoms with E-state index in [1.807, 2.05) is 97.1 Å². The van der Waals surface area contributed by atoms with Gasteiger partial charge in [0.2, 0.25) is 11.7 Å². The second kappa shape index (κ2) is 12.6. The van der Waals surface area contributed by atoms with Crippen LogP contribution < -0.4 is 10.1 Å². The van der Waals surface area contributed by atoms with Gasteiger partial charge in [-0.25, -0.2) is 9.78 Å². The van der Waals surface area contributed by atoms with Gasteiger partial charge in [0.15, 0.2) is 12.1 Å². The number of nitrogens with zero attached hydrogens (tertiary/aromatic N) is 2. The highest BCUT2D eigenvalue weighted by molar-refractivity contribution is 5.97. The summed E-state index contributed by atoms with van der Waals surface area (Å²) in [6.45, 7) is 3.40. The van der Waals surface area contributed by atoms with E-state index in [-0.39, 0.29) is 17.9 Å². The van der Waals surface area contributed by atoms with Crippen LogP contribution in [0.4, 0.5) is 5.69 Å². The number of pyridine rings is 1. The zero-order chi connectivity index (χ0) is 28.8. The van der Waals surface area contributed by atoms with Gasteiger partial charge in [-0.3, -0.25) is 4.79 Å². The molecular weight excluding hydrogens is 526 g/mol. The summed E-state index contributed by atoms with van der Waals surface area (Å²) in [5.41, 5.74) is 3.30. The summed E-state index contributed by atoms with van der Waals surface area (Å²) in [4.78, 5) is 31.4. The van der Waals surface area contributed by atoms with Crippen molar-refractivity contribution in [2.24, 2.45) is 5.92 Å². The lowest BCUT2D eigenvalue weighted by Gasteiger charge is -2.51. The van der Waals surface area contributed by atoms with E-state index in [1.165, 1.54) is 0 Å². The third-order valence-corrected chi connectivity index (χ3v) is 8.53. The van der Waals surface area contributed by atoms with Crippen LogP contribution in [0.25, 0.3) is 0 Å². The van der Waals surface area contributed by atoms with Gasteiger partial charge in [0.05, 0.1) is 13.1 Å². The maximum Gasteiger partial charge on any atom is 0.333 e. The first-order valence-electron chi connectivity index (χ1n) is 14.7. The molecule has 4 aromatic rings. The van der Waals surface area contributed by atoms with E-state index in [9.17, 15) is 9.59 Å². The van der Waals surface area contributed by atoms with Gasteiger partial charge in [0, 0.05) is 47.8 Å². The van der Waals surface area contributed by atoms with E-state index in [0.29, 0.717) is 41.5 Å². The predicted octanol–water partition coefficient (Wildman–Crippen LogP) is 5.85. The van der Waals surface area contributed by atoms with Crippen LogP contribution in [0.2, 0.25) is 0 Å². The summed E-state index contributed by atoms with van der Waals surface area (Å²) in [6.07, 6.45) is 3.34. The molecule has 0 saturated carbocycles. The number of Topliss-reactive ketones (excluding diaryl/α,β-unsaturated/α-hetero) is 1. The molecule has 0 radical (unpaired) electrons. The van der Waals surface area contributed by atoms with Crippen molar-refractivity contribution in [3.8, 4) is 5.88 Å². The third-order valence-electron chi connectivity index (χ3n) is 8.53. The second-order valence-corrected chi connectivity index (χ2v) is 11.4. The van der Waals surface area contributed by atoms with E-state index >= 15 is 0 Å². The lowest BCUT2D eigenvalue weighted by Crippen LogP contribution is -2.65. The van der Waals surface area contributed by atoms with Gasteiger partial charge in [-0.2, -0.15) is 0 Å². The van der Waals surface area contributed by atoms with Crippen LogP contribution in [0.15, 0.2) is 109 Å². The Balaban J connectivity index is 1.16. The number of ketones is 1. The molecule has 3 aliphatic rings. The number of aromatic nitrogens is 1. The van der Waals surface area contributed by atoms with Gasteiger partial charge in [0.25, 0.3) is 0 Å². The van der Waals surface area contributed by atoms with Gasteiger partial charge < -0.3 is 19.3 Å². The summed E-state index contributed by atoms with van der Waals surface area (Å²) in [5.74, 6) is 0.599. The molecule has 1 N–H and O–H groups in total. The first-order valence-corrected chi connectivity index (χ1v) is 14.7. The van der Waals surface area contributed by atoms with E-state index < -0.39 is 6.04 Å². The number of esters is 1. The average molecular weight is 563 g/mol. The third kappa shape index (κ3) is 6.52. The number of benzene rings is 3. The van der Waals surface area contributed by atoms with Crippen molar-refractivity contribution in [1.82, 2.24) is 4.98 Å². The minimum Gasteiger partial charge on any atom is -0.473 e. The van der Waals surface area contributed by atoms with Crippen LogP contribution in [0.1, 0.15) is 40.4 Å². The quantitative estimate of drug-likeness (QED) is 0.140. The molecule has 3 fully saturated rings. The molecule has 2 atom stereocenters. The molecule has 7 heteroatoms. The Morgan fingerprint density at radius 1 is 0.857 bits per heavy atom. The Kier molecular flexibility index (Phi) is 8.28. The van der Waals surface area contributed by atoms with Gasteiger partial charge >= 0.3 is 5.97 Å². The number of rotatable bonds is 11. The summed E-state index contributed by atoms with van der Waals surface area (Å²) < 4.78 is 12.8. The van der Waals surface area contributed by atoms with E-state index in [2.05, 4.69) is 10.3 Å². The number of hydrogen-bond acceptors (Lipinski definition) is 6. The largest absolute Gasteiger partial charge is 0.473 e. The number of fused-ring (bicyclic) bond motifs is 3. The molecule has 0 amide bonds. The normalized spacial score (nSPS) is 21.7. The highest BCUT2D eigenvalue weighted by Gasteiger charge is 2.49. The predicted molar refractivity (Wildman–Crippen MR) is 161 cm³/mol. The molecule has 2 bridgehead atoms. The first-order chi connectivity index (χ1) is 20.6. The zero-order valence-corrected chi connectivity index (χ0v) is 23.6. The van der Waals surface area contributed by atoms with Crippen LogP contribution in [-0.4, -0.2) is 53.5 Å². The smallest absolute Gasteiger partial charge is 0.333 e. The molecule has 3 aliphatic heterocycles. The van der Waals surface area contributed by atoms with Crippen LogP contribution in [-0.2, 0) is 16.1 Å². The average Bonchev–Trinajstić information content (AvgIpc) is 3.04. The monoisotopic (exact) mass is 562 g/mol. The molecule has 1 unspecified atom stereocenters. The van der Waals surface area contributed by atoms with Crippen molar-refractivity contribution in [2.75, 3.05) is 31.5 Å². The summed E-state index contributed by atoms with van der Waals surface area (Å²) in [7, 11) is 0. The lowest BCUT2D eigenvalue weighted by atomic mass is 9.82. The number of carbonyl (C=O) groups is 2. The van der Waals surface area contributed by atoms with Gasteiger partial charge in [-0.1, -0.05) is 78.9 Å². The fraction of sp³-hybridized carbons (Fsp3) is 0.286. The van der Waals surface area contributed by atoms with Gasteiger partial charge in [0.1, 0.15) is 19.7 Å². The first kappa shape index (κ1) is 27.7. The molecule has 3 aromatic carbocycles. The van der Waals surface area contributed by atoms with Gasteiger partial charge in [-0.05, 0) is 23.8 Å². The van der Waals surface area contributed by atoms with Crippen molar-refractivity contribution >= 4 is 17.4 Å². The fourth-order valence-corrected chi connectivity index (χ4v) is 6.17. The number of ether oxygens (including phenoxy) is 2. The summed E-state index contributed by atoms with van der Waals surface area (Å²) in [6, 6.07) is 31.9. The van der Waals surface area contributed by atoms with E-state index in [4.69, 9.17) is 9.47 Å². The standard InChI is InChI=1S/C35H36N3O4/c39-31(27-12-6-2-7-13-27)23-38-20-18-28(19-21-38)32(24-38)42-35(40)34(37-30-14-8-3-9-15-30)29-16-17-33(36-22-29)41-25-26-10-4-1-5-11-26/h1-17,22,28,32,34,37H,18-21,23-25H2/q+1/t28?,32-,34?,38?/m0/s1. The molecule has 7 rings (SSSR count). The van der Waals surface area contributed by atoms with Crippen molar-refractivity contribution in [2.45, 2.75) is 31.6 Å². The topological polar surface area (TPSA) is 77.5 Å². The Morgan fingerprint density at radius 3 is 2.19 bits per heavy atom. The Morgan fingerprint density at radius 2 is 1.52 bits per heavy atom. The van der Waals surface area contributed by atoms with E-state index in [0.717, 1.165) is 42.7 Å². The van der Waals surface area contributed by atoms with Crippen molar-refractivity contribution < 1.29 is 23.5 Å². The SMILES string of the molecule is O=C(C[N+]12CCC(CC1)[C@@H](OC(=O)C(Nc1ccccc1)c1ccc(OCc3ccccc3)nc1)C2)c1ccccc1. The van der Waals surface area contributed by atoms with Crippen LogP contribution in [0, 0.1) is 5.92 Å². The highest BCUT2D eigenvalue weighted by Crippen LogP contribution is 2.37. The number of piperidine rings is 3. The Bertz CT molecular complexity index is 1470. The summed E-state index contributed by atoms with van der Waals surface area (Å²) in [5, 5.41) is 3.35. The molecule has 1 aromatic heterocycles. The Labute approximate surface area is 246 Å². The van der Waals surface area contributed by atoms with Crippen molar-refractivity contribution in [1.29, 1.82) is 0 Å². The molecule has 0 spiro atoms. The van der Waals surface area contributed by atoms with E-state index in [1.54, 1.807) is 12.3 Å². The summed E-state index contributed by atoms with van der Waals surface area (Å²) >= 11 is 0. The highest BCUT2D eigenvalue weighted by atomic mass is 16.5. The number of hydrogen-bond donors (Lipinski definition) is 1. The van der Waals surface area contributed by atoms with Crippen molar-refractivity contribution in [3.63, 3.8) is 0 Å². The second-order valence-electron chi connectivity index (χ2n) is 11.4.